The first-order valence-electron chi connectivity index (χ1n) is 6.05. The lowest BCUT2D eigenvalue weighted by Gasteiger charge is -2.12. The molecule has 1 atom stereocenters. The highest BCUT2D eigenvalue weighted by molar-refractivity contribution is 5.74. The molecule has 9 nitrogen and oxygen atoms in total. The summed E-state index contributed by atoms with van der Waals surface area (Å²) >= 11 is 0. The van der Waals surface area contributed by atoms with Crippen molar-refractivity contribution in [2.24, 2.45) is 14.1 Å². The summed E-state index contributed by atoms with van der Waals surface area (Å²) in [5.41, 5.74) is -0.543. The minimum atomic E-state index is -1.03. The third kappa shape index (κ3) is 2.00. The number of imidazole rings is 1. The van der Waals surface area contributed by atoms with Gasteiger partial charge in [0.15, 0.2) is 11.2 Å². The fourth-order valence-electron chi connectivity index (χ4n) is 2.08. The highest BCUT2D eigenvalue weighted by Crippen LogP contribution is 2.15. The molecule has 0 saturated heterocycles. The minimum Gasteiger partial charge on any atom is -0.394 e. The first kappa shape index (κ1) is 14.3. The van der Waals surface area contributed by atoms with Crippen molar-refractivity contribution in [2.75, 3.05) is 19.0 Å². The molecule has 0 aromatic carbocycles. The van der Waals surface area contributed by atoms with Gasteiger partial charge in [0.05, 0.1) is 19.3 Å². The van der Waals surface area contributed by atoms with Gasteiger partial charge in [-0.2, -0.15) is 4.98 Å². The normalized spacial score (nSPS) is 12.8. The van der Waals surface area contributed by atoms with Crippen molar-refractivity contribution in [3.63, 3.8) is 0 Å². The van der Waals surface area contributed by atoms with Gasteiger partial charge in [-0.1, -0.05) is 0 Å². The first-order valence-corrected chi connectivity index (χ1v) is 6.05. The molecular weight excluding hydrogens is 266 g/mol. The largest absolute Gasteiger partial charge is 0.394 e. The van der Waals surface area contributed by atoms with Crippen LogP contribution in [0.25, 0.3) is 11.2 Å². The van der Waals surface area contributed by atoms with Gasteiger partial charge in [0.1, 0.15) is 0 Å². The van der Waals surface area contributed by atoms with E-state index in [1.165, 1.54) is 23.2 Å². The fourth-order valence-corrected chi connectivity index (χ4v) is 2.08. The monoisotopic (exact) mass is 283 g/mol. The number of nitrogens with zero attached hydrogens (tertiary/aromatic N) is 4. The summed E-state index contributed by atoms with van der Waals surface area (Å²) in [4.78, 5) is 28.3. The number of fused-ring (bicyclic) bond motifs is 1. The molecule has 0 saturated carbocycles. The van der Waals surface area contributed by atoms with E-state index in [1.54, 1.807) is 7.05 Å². The molecule has 2 rings (SSSR count). The number of anilines is 1. The molecule has 0 aliphatic heterocycles. The van der Waals surface area contributed by atoms with Crippen LogP contribution in [0.4, 0.5) is 5.95 Å². The molecule has 110 valence electrons. The van der Waals surface area contributed by atoms with E-state index in [2.05, 4.69) is 10.3 Å². The van der Waals surface area contributed by atoms with Gasteiger partial charge in [0, 0.05) is 21.1 Å². The van der Waals surface area contributed by atoms with Crippen LogP contribution >= 0.6 is 0 Å². The van der Waals surface area contributed by atoms with E-state index in [0.717, 1.165) is 4.57 Å². The quantitative estimate of drug-likeness (QED) is 0.588. The highest BCUT2D eigenvalue weighted by atomic mass is 16.3. The molecule has 0 fully saturated rings. The molecule has 0 unspecified atom stereocenters. The Morgan fingerprint density at radius 3 is 2.50 bits per heavy atom. The van der Waals surface area contributed by atoms with Gasteiger partial charge in [-0.3, -0.25) is 13.9 Å². The van der Waals surface area contributed by atoms with Crippen molar-refractivity contribution in [1.29, 1.82) is 0 Å². The Kier molecular flexibility index (Phi) is 3.64. The molecule has 20 heavy (non-hydrogen) atoms. The maximum absolute atomic E-state index is 12.2. The lowest BCUT2D eigenvalue weighted by atomic mass is 10.3. The van der Waals surface area contributed by atoms with Gasteiger partial charge in [-0.25, -0.2) is 4.79 Å². The zero-order valence-electron chi connectivity index (χ0n) is 11.5. The zero-order valence-corrected chi connectivity index (χ0v) is 11.5. The zero-order chi connectivity index (χ0) is 15.0. The average Bonchev–Trinajstić information content (AvgIpc) is 2.81. The molecule has 0 radical (unpaired) electrons. The number of hydrogen-bond donors (Lipinski definition) is 3. The molecule has 2 heterocycles. The maximum atomic E-state index is 12.2. The minimum absolute atomic E-state index is 0.00336. The molecule has 0 aliphatic rings. The van der Waals surface area contributed by atoms with E-state index in [4.69, 9.17) is 5.11 Å². The predicted molar refractivity (Wildman–Crippen MR) is 72.9 cm³/mol. The summed E-state index contributed by atoms with van der Waals surface area (Å²) in [6.07, 6.45) is -1.03. The van der Waals surface area contributed by atoms with Crippen LogP contribution in [0.15, 0.2) is 9.59 Å². The molecule has 3 N–H and O–H groups in total. The Bertz CT molecular complexity index is 757. The second kappa shape index (κ2) is 5.10. The van der Waals surface area contributed by atoms with Crippen molar-refractivity contribution in [3.8, 4) is 0 Å². The third-order valence-electron chi connectivity index (χ3n) is 3.18. The molecule has 2 aromatic rings. The van der Waals surface area contributed by atoms with Crippen molar-refractivity contribution in [2.45, 2.75) is 12.6 Å². The second-order valence-corrected chi connectivity index (χ2v) is 4.51. The van der Waals surface area contributed by atoms with E-state index in [-0.39, 0.29) is 17.7 Å². The topological polar surface area (TPSA) is 114 Å². The van der Waals surface area contributed by atoms with E-state index >= 15 is 0 Å². The van der Waals surface area contributed by atoms with Crippen LogP contribution in [-0.2, 0) is 20.6 Å². The van der Waals surface area contributed by atoms with Gasteiger partial charge >= 0.3 is 5.69 Å². The number of hydrogen-bond acceptors (Lipinski definition) is 6. The summed E-state index contributed by atoms with van der Waals surface area (Å²) in [7, 11) is 4.51. The highest BCUT2D eigenvalue weighted by Gasteiger charge is 2.19. The molecule has 0 spiro atoms. The first-order chi connectivity index (χ1) is 9.42. The fraction of sp³-hybridized carbons (Fsp3) is 0.545. The molecular formula is C11H17N5O4. The summed E-state index contributed by atoms with van der Waals surface area (Å²) < 4.78 is 3.70. The van der Waals surface area contributed by atoms with E-state index < -0.39 is 24.0 Å². The van der Waals surface area contributed by atoms with Crippen molar-refractivity contribution in [1.82, 2.24) is 18.7 Å². The maximum Gasteiger partial charge on any atom is 0.332 e. The average molecular weight is 283 g/mol. The van der Waals surface area contributed by atoms with Crippen molar-refractivity contribution >= 4 is 17.1 Å². The van der Waals surface area contributed by atoms with Gasteiger partial charge in [-0.05, 0) is 0 Å². The van der Waals surface area contributed by atoms with Crippen molar-refractivity contribution < 1.29 is 10.2 Å². The van der Waals surface area contributed by atoms with E-state index in [1.807, 2.05) is 0 Å². The van der Waals surface area contributed by atoms with Crippen molar-refractivity contribution in [3.05, 3.63) is 20.8 Å². The smallest absolute Gasteiger partial charge is 0.332 e. The molecule has 0 amide bonds. The van der Waals surface area contributed by atoms with Crippen LogP contribution in [0.3, 0.4) is 0 Å². The van der Waals surface area contributed by atoms with Gasteiger partial charge in [-0.15, -0.1) is 0 Å². The molecule has 2 aromatic heterocycles. The standard InChI is InChI=1S/C11H17N5O4/c1-12-10-13-8-7(16(10)4-6(18)5-17)9(19)15(3)11(20)14(8)2/h6,17-18H,4-5H2,1-3H3,(H,12,13)/t6-/m0/s1. The second-order valence-electron chi connectivity index (χ2n) is 4.51. The number of aryl methyl sites for hydroxylation is 1. The Morgan fingerprint density at radius 2 is 1.95 bits per heavy atom. The lowest BCUT2D eigenvalue weighted by molar-refractivity contribution is 0.0825. The number of rotatable bonds is 4. The van der Waals surface area contributed by atoms with Crippen LogP contribution in [0.2, 0.25) is 0 Å². The number of aliphatic hydroxyl groups is 2. The Morgan fingerprint density at radius 1 is 1.30 bits per heavy atom. The van der Waals surface area contributed by atoms with Gasteiger partial charge < -0.3 is 20.1 Å². The van der Waals surface area contributed by atoms with E-state index in [9.17, 15) is 14.7 Å². The summed E-state index contributed by atoms with van der Waals surface area (Å²) in [6.45, 7) is -0.439. The van der Waals surface area contributed by atoms with E-state index in [0.29, 0.717) is 5.95 Å². The molecule has 0 bridgehead atoms. The Labute approximate surface area is 113 Å². The SMILES string of the molecule is CNc1nc2c(c(=O)n(C)c(=O)n2C)n1C[C@H](O)CO. The predicted octanol–water partition coefficient (Wildman–Crippen LogP) is -2.17. The van der Waals surface area contributed by atoms with Crippen LogP contribution in [0, 0.1) is 0 Å². The molecule has 0 aliphatic carbocycles. The van der Waals surface area contributed by atoms with Crippen LogP contribution in [0.1, 0.15) is 0 Å². The number of aliphatic hydroxyl groups excluding tert-OH is 2. The third-order valence-corrected chi connectivity index (χ3v) is 3.18. The van der Waals surface area contributed by atoms with Gasteiger partial charge in [0.25, 0.3) is 5.56 Å². The van der Waals surface area contributed by atoms with Crippen LogP contribution < -0.4 is 16.6 Å². The van der Waals surface area contributed by atoms with Crippen LogP contribution in [-0.4, -0.2) is 48.7 Å². The summed E-state index contributed by atoms with van der Waals surface area (Å²) in [6, 6.07) is 0. The van der Waals surface area contributed by atoms with Gasteiger partial charge in [0.2, 0.25) is 5.95 Å². The van der Waals surface area contributed by atoms with Crippen LogP contribution in [0.5, 0.6) is 0 Å². The Hall–Kier alpha value is -2.13. The number of nitrogens with one attached hydrogen (secondary N) is 1. The summed E-state index contributed by atoms with van der Waals surface area (Å²) in [5, 5.41) is 21.3. The lowest BCUT2D eigenvalue weighted by Crippen LogP contribution is -2.38. The molecule has 9 heteroatoms. The Balaban J connectivity index is 2.86. The number of aromatic nitrogens is 4. The summed E-state index contributed by atoms with van der Waals surface area (Å²) in [5.74, 6) is 0.339.